The van der Waals surface area contributed by atoms with Crippen molar-refractivity contribution in [2.24, 2.45) is 0 Å². The fourth-order valence-electron chi connectivity index (χ4n) is 4.00. The number of nitrogens with one attached hydrogen (secondary N) is 1. The van der Waals surface area contributed by atoms with Crippen molar-refractivity contribution in [3.05, 3.63) is 55.9 Å². The van der Waals surface area contributed by atoms with Crippen LogP contribution in [0.25, 0.3) is 21.9 Å². The molecule has 5 heterocycles. The maximum atomic E-state index is 12.4. The van der Waals surface area contributed by atoms with Crippen LogP contribution in [0.4, 0.5) is 0 Å². The number of aromatic nitrogens is 4. The first-order valence-electron chi connectivity index (χ1n) is 8.98. The van der Waals surface area contributed by atoms with Crippen LogP contribution in [0.1, 0.15) is 23.8 Å². The molecule has 0 radical (unpaired) electrons. The van der Waals surface area contributed by atoms with Gasteiger partial charge in [-0.25, -0.2) is 9.97 Å². The number of H-pyrrole nitrogens is 1. The van der Waals surface area contributed by atoms with Gasteiger partial charge in [-0.1, -0.05) is 0 Å². The molecule has 1 saturated heterocycles. The summed E-state index contributed by atoms with van der Waals surface area (Å²) in [7, 11) is 0. The zero-order valence-corrected chi connectivity index (χ0v) is 17.0. The Hall–Kier alpha value is -2.03. The minimum absolute atomic E-state index is 0.0325. The van der Waals surface area contributed by atoms with Gasteiger partial charge >= 0.3 is 0 Å². The lowest BCUT2D eigenvalue weighted by molar-refractivity contribution is 0.182. The van der Waals surface area contributed by atoms with E-state index in [0.717, 1.165) is 52.9 Å². The van der Waals surface area contributed by atoms with Gasteiger partial charge in [0.25, 0.3) is 0 Å². The summed E-state index contributed by atoms with van der Waals surface area (Å²) < 4.78 is 3.23. The molecule has 8 heteroatoms. The SMILES string of the molecule is O=c1ccn(C2CCN(Cc3cnc(Br)s3)CC2)c2c1cnc1[nH]ccc12. The standard InChI is InChI=1S/C19H18BrN5OS/c20-19-23-9-13(27-19)11-24-6-2-12(3-7-24)25-8-4-16(26)15-10-22-18-14(17(15)25)1-5-21-18/h1,4-5,8-10,12H,2-3,6-7,11H2,(H,21,22). The first-order chi connectivity index (χ1) is 13.2. The van der Waals surface area contributed by atoms with Crippen LogP contribution in [0.5, 0.6) is 0 Å². The van der Waals surface area contributed by atoms with Gasteiger partial charge in [-0.2, -0.15) is 0 Å². The summed E-state index contributed by atoms with van der Waals surface area (Å²) >= 11 is 5.13. The molecule has 4 aromatic heterocycles. The molecule has 4 aromatic rings. The Balaban J connectivity index is 1.44. The van der Waals surface area contributed by atoms with Gasteiger partial charge in [0.2, 0.25) is 0 Å². The Morgan fingerprint density at radius 3 is 2.81 bits per heavy atom. The third kappa shape index (κ3) is 3.11. The van der Waals surface area contributed by atoms with Crippen molar-refractivity contribution in [1.29, 1.82) is 0 Å². The Bertz CT molecular complexity index is 1170. The van der Waals surface area contributed by atoms with Crippen LogP contribution in [0, 0.1) is 0 Å². The van der Waals surface area contributed by atoms with Crippen molar-refractivity contribution >= 4 is 49.2 Å². The van der Waals surface area contributed by atoms with Crippen LogP contribution in [0.3, 0.4) is 0 Å². The summed E-state index contributed by atoms with van der Waals surface area (Å²) in [6.45, 7) is 3.03. The predicted molar refractivity (Wildman–Crippen MR) is 111 cm³/mol. The largest absolute Gasteiger partial charge is 0.346 e. The fourth-order valence-corrected chi connectivity index (χ4v) is 5.40. The second kappa shape index (κ2) is 6.85. The van der Waals surface area contributed by atoms with Crippen LogP contribution < -0.4 is 5.43 Å². The number of halogens is 1. The number of hydrogen-bond donors (Lipinski definition) is 1. The summed E-state index contributed by atoms with van der Waals surface area (Å²) in [5.74, 6) is 0. The molecule has 1 N–H and O–H groups in total. The maximum Gasteiger partial charge on any atom is 0.190 e. The molecule has 6 nitrogen and oxygen atoms in total. The van der Waals surface area contributed by atoms with Gasteiger partial charge in [-0.3, -0.25) is 9.69 Å². The van der Waals surface area contributed by atoms with E-state index in [4.69, 9.17) is 0 Å². The highest BCUT2D eigenvalue weighted by Gasteiger charge is 2.23. The average Bonchev–Trinajstić information content (AvgIpc) is 3.31. The molecular weight excluding hydrogens is 426 g/mol. The second-order valence-corrected chi connectivity index (χ2v) is 9.33. The summed E-state index contributed by atoms with van der Waals surface area (Å²) in [4.78, 5) is 27.9. The summed E-state index contributed by atoms with van der Waals surface area (Å²) in [6, 6.07) is 4.07. The number of hydrogen-bond acceptors (Lipinski definition) is 5. The van der Waals surface area contributed by atoms with Crippen LogP contribution >= 0.6 is 27.3 Å². The van der Waals surface area contributed by atoms with Gasteiger partial charge in [-0.05, 0) is 34.8 Å². The second-order valence-electron chi connectivity index (χ2n) is 6.93. The number of pyridine rings is 2. The van der Waals surface area contributed by atoms with Crippen LogP contribution in [-0.2, 0) is 6.54 Å². The summed E-state index contributed by atoms with van der Waals surface area (Å²) in [5.41, 5.74) is 1.86. The van der Waals surface area contributed by atoms with Crippen LogP contribution in [0.2, 0.25) is 0 Å². The van der Waals surface area contributed by atoms with Gasteiger partial charge in [0.1, 0.15) is 5.65 Å². The number of rotatable bonds is 3. The lowest BCUT2D eigenvalue weighted by Gasteiger charge is -2.33. The Morgan fingerprint density at radius 1 is 1.19 bits per heavy atom. The van der Waals surface area contributed by atoms with Crippen molar-refractivity contribution in [3.63, 3.8) is 0 Å². The van der Waals surface area contributed by atoms with E-state index in [-0.39, 0.29) is 5.43 Å². The zero-order valence-electron chi connectivity index (χ0n) is 14.6. The summed E-state index contributed by atoms with van der Waals surface area (Å²) in [6.07, 6.45) is 9.61. The third-order valence-corrected chi connectivity index (χ3v) is 6.78. The fraction of sp³-hybridized carbons (Fsp3) is 0.316. The van der Waals surface area contributed by atoms with E-state index >= 15 is 0 Å². The van der Waals surface area contributed by atoms with E-state index in [9.17, 15) is 4.79 Å². The molecule has 0 unspecified atom stereocenters. The molecular formula is C19H18BrN5OS. The molecule has 1 aliphatic rings. The normalized spacial score (nSPS) is 16.5. The molecule has 0 amide bonds. The highest BCUT2D eigenvalue weighted by atomic mass is 79.9. The van der Waals surface area contributed by atoms with Crippen molar-refractivity contribution in [3.8, 4) is 0 Å². The third-order valence-electron chi connectivity index (χ3n) is 5.32. The number of fused-ring (bicyclic) bond motifs is 3. The van der Waals surface area contributed by atoms with Gasteiger partial charge in [0.05, 0.1) is 10.9 Å². The van der Waals surface area contributed by atoms with E-state index < -0.39 is 0 Å². The van der Waals surface area contributed by atoms with Crippen molar-refractivity contribution in [1.82, 2.24) is 24.4 Å². The van der Waals surface area contributed by atoms with Crippen molar-refractivity contribution in [2.45, 2.75) is 25.4 Å². The molecule has 0 aliphatic carbocycles. The molecule has 0 aromatic carbocycles. The van der Waals surface area contributed by atoms with Gasteiger partial charge in [-0.15, -0.1) is 11.3 Å². The number of piperidine rings is 1. The predicted octanol–water partition coefficient (Wildman–Crippen LogP) is 3.93. The monoisotopic (exact) mass is 443 g/mol. The quantitative estimate of drug-likeness (QED) is 0.520. The minimum Gasteiger partial charge on any atom is -0.346 e. The van der Waals surface area contributed by atoms with E-state index in [1.54, 1.807) is 23.6 Å². The highest BCUT2D eigenvalue weighted by molar-refractivity contribution is 9.11. The summed E-state index contributed by atoms with van der Waals surface area (Å²) in [5, 5.41) is 1.71. The number of aromatic amines is 1. The minimum atomic E-state index is 0.0325. The zero-order chi connectivity index (χ0) is 18.4. The molecule has 0 bridgehead atoms. The molecule has 1 fully saturated rings. The number of thiazole rings is 1. The van der Waals surface area contributed by atoms with Crippen LogP contribution in [0.15, 0.2) is 45.6 Å². The smallest absolute Gasteiger partial charge is 0.190 e. The van der Waals surface area contributed by atoms with E-state index in [1.807, 2.05) is 24.7 Å². The first-order valence-corrected chi connectivity index (χ1v) is 10.6. The molecule has 0 saturated carbocycles. The topological polar surface area (TPSA) is 66.8 Å². The van der Waals surface area contributed by atoms with Gasteiger partial charge in [0, 0.05) is 66.8 Å². The lowest BCUT2D eigenvalue weighted by Crippen LogP contribution is -2.34. The van der Waals surface area contributed by atoms with Crippen molar-refractivity contribution in [2.75, 3.05) is 13.1 Å². The molecule has 0 atom stereocenters. The highest BCUT2D eigenvalue weighted by Crippen LogP contribution is 2.30. The van der Waals surface area contributed by atoms with Gasteiger partial charge in [0.15, 0.2) is 9.35 Å². The molecule has 0 spiro atoms. The lowest BCUT2D eigenvalue weighted by atomic mass is 10.0. The first kappa shape index (κ1) is 17.1. The van der Waals surface area contributed by atoms with E-state index in [0.29, 0.717) is 11.4 Å². The molecule has 1 aliphatic heterocycles. The number of nitrogens with zero attached hydrogens (tertiary/aromatic N) is 4. The Labute approximate surface area is 168 Å². The van der Waals surface area contributed by atoms with E-state index in [1.165, 1.54) is 4.88 Å². The van der Waals surface area contributed by atoms with Gasteiger partial charge < -0.3 is 9.55 Å². The van der Waals surface area contributed by atoms with E-state index in [2.05, 4.69) is 40.3 Å². The molecule has 5 rings (SSSR count). The molecule has 27 heavy (non-hydrogen) atoms. The van der Waals surface area contributed by atoms with Crippen LogP contribution in [-0.4, -0.2) is 37.5 Å². The Morgan fingerprint density at radius 2 is 2.04 bits per heavy atom. The maximum absolute atomic E-state index is 12.4. The Kier molecular flexibility index (Phi) is 4.34. The van der Waals surface area contributed by atoms with Crippen molar-refractivity contribution < 1.29 is 0 Å². The number of likely N-dealkylation sites (tertiary alicyclic amines) is 1. The average molecular weight is 444 g/mol. The molecule has 138 valence electrons.